The summed E-state index contributed by atoms with van der Waals surface area (Å²) >= 11 is 0. The van der Waals surface area contributed by atoms with Gasteiger partial charge in [-0.1, -0.05) is 370 Å². The third kappa shape index (κ3) is 84.3. The molecule has 0 amide bonds. The standard InChI is InChI=1S/C92H156NO8P/c1-6-8-10-12-14-16-18-20-22-24-26-28-30-32-34-36-38-40-42-44-45-46-47-49-50-52-54-56-58-60-62-64-66-68-70-72-74-76-78-80-82-84-91(94)98-88-90(89-100-102(96,97)99-87-86-93(3,4)5)101-92(95)85-83-81-79-77-75-73-71-69-67-65-63-61-59-57-55-53-51-48-43-41-39-37-35-33-31-29-27-25-23-21-19-17-15-13-11-9-7-2/h9,11,15,17-18,20-21,23-24,26-27,29-30,32-33,35,39,41,48,51,55,57,61,63,67,69,73,75,90H,6-8,10,12-14,16,19,22,25,28,31,34,36-38,40,42-47,49-50,52-54,56,58-60,62,64-66,68,70-72,74,76-89H2,1-5H3/p+1/b11-9-,17-15-,20-18-,23-21-,26-24-,29-27-,32-30-,35-33-,41-39-,51-48-,57-55-,63-61-,69-67-,75-73-. The molecule has 0 aromatic rings. The molecule has 0 saturated carbocycles. The number of unbranched alkanes of at least 4 members (excludes halogenated alkanes) is 34. The third-order valence-electron chi connectivity index (χ3n) is 17.7. The zero-order valence-electron chi connectivity index (χ0n) is 66.5. The maximum absolute atomic E-state index is 12.9. The molecular weight excluding hydrogens is 1280 g/mol. The summed E-state index contributed by atoms with van der Waals surface area (Å²) in [5.74, 6) is -0.835. The normalized spacial score (nSPS) is 13.9. The number of hydrogen-bond acceptors (Lipinski definition) is 7. The van der Waals surface area contributed by atoms with Crippen molar-refractivity contribution >= 4 is 19.8 Å². The highest BCUT2D eigenvalue weighted by Crippen LogP contribution is 2.43. The van der Waals surface area contributed by atoms with Gasteiger partial charge in [0.1, 0.15) is 19.8 Å². The Hall–Kier alpha value is -4.63. The first-order chi connectivity index (χ1) is 50.0. The summed E-state index contributed by atoms with van der Waals surface area (Å²) in [4.78, 5) is 36.0. The lowest BCUT2D eigenvalue weighted by Crippen LogP contribution is -2.37. The fraction of sp³-hybridized carbons (Fsp3) is 0.674. The van der Waals surface area contributed by atoms with E-state index in [2.05, 4.69) is 184 Å². The highest BCUT2D eigenvalue weighted by atomic mass is 31.2. The van der Waals surface area contributed by atoms with Crippen molar-refractivity contribution in [3.05, 3.63) is 170 Å². The Morgan fingerprint density at radius 1 is 0.314 bits per heavy atom. The summed E-state index contributed by atoms with van der Waals surface area (Å²) in [7, 11) is 1.44. The van der Waals surface area contributed by atoms with Crippen molar-refractivity contribution in [2.45, 2.75) is 354 Å². The van der Waals surface area contributed by atoms with Gasteiger partial charge in [-0.2, -0.15) is 0 Å². The summed E-state index contributed by atoms with van der Waals surface area (Å²) in [5, 5.41) is 0. The van der Waals surface area contributed by atoms with Crippen LogP contribution in [0.1, 0.15) is 348 Å². The number of phosphoric ester groups is 1. The largest absolute Gasteiger partial charge is 0.472 e. The number of carbonyl (C=O) groups excluding carboxylic acids is 2. The second kappa shape index (κ2) is 80.5. The number of phosphoric acid groups is 1. The monoisotopic (exact) mass is 1440 g/mol. The molecule has 0 fully saturated rings. The molecule has 0 bridgehead atoms. The molecular formula is C92H157NO8P+. The van der Waals surface area contributed by atoms with Crippen LogP contribution in [0.2, 0.25) is 0 Å². The molecule has 0 radical (unpaired) electrons. The van der Waals surface area contributed by atoms with E-state index in [1.807, 2.05) is 21.1 Å². The maximum atomic E-state index is 12.9. The van der Waals surface area contributed by atoms with Gasteiger partial charge in [-0.25, -0.2) is 4.57 Å². The van der Waals surface area contributed by atoms with E-state index in [0.717, 1.165) is 122 Å². The van der Waals surface area contributed by atoms with Crippen LogP contribution in [-0.2, 0) is 32.7 Å². The quantitative estimate of drug-likeness (QED) is 0.0211. The highest BCUT2D eigenvalue weighted by molar-refractivity contribution is 7.47. The molecule has 2 unspecified atom stereocenters. The van der Waals surface area contributed by atoms with Gasteiger partial charge in [0.15, 0.2) is 6.10 Å². The Morgan fingerprint density at radius 2 is 0.559 bits per heavy atom. The fourth-order valence-corrected chi connectivity index (χ4v) is 12.1. The minimum absolute atomic E-state index is 0.0179. The van der Waals surface area contributed by atoms with Crippen molar-refractivity contribution in [2.75, 3.05) is 47.5 Å². The molecule has 0 rings (SSSR count). The SMILES string of the molecule is CC/C=C\C/C=C\C/C=C\C/C=C\C/C=C\C/C=C\C/C=C\C/C=C\C/C=C\C/C=C\C/C=C\CCCCCC(=O)OC(COC(=O)CCCCCCCCCCCCCCCCCCCCCCCCCCCC/C=C\C/C=C\C/C=C\CCCCCCC)COP(=O)(O)OCC[N+](C)(C)C. The fourth-order valence-electron chi connectivity index (χ4n) is 11.4. The number of rotatable bonds is 76. The van der Waals surface area contributed by atoms with Gasteiger partial charge in [-0.05, 0) is 135 Å². The molecule has 0 spiro atoms. The van der Waals surface area contributed by atoms with Gasteiger partial charge in [0.2, 0.25) is 0 Å². The number of hydrogen-bond donors (Lipinski definition) is 1. The van der Waals surface area contributed by atoms with Crippen LogP contribution in [0.5, 0.6) is 0 Å². The van der Waals surface area contributed by atoms with Crippen LogP contribution in [0.3, 0.4) is 0 Å². The maximum Gasteiger partial charge on any atom is 0.472 e. The lowest BCUT2D eigenvalue weighted by Gasteiger charge is -2.24. The molecule has 0 aliphatic heterocycles. The van der Waals surface area contributed by atoms with E-state index >= 15 is 0 Å². The predicted molar refractivity (Wildman–Crippen MR) is 445 cm³/mol. The Morgan fingerprint density at radius 3 is 0.843 bits per heavy atom. The second-order valence-corrected chi connectivity index (χ2v) is 30.2. The van der Waals surface area contributed by atoms with Gasteiger partial charge in [-0.15, -0.1) is 0 Å². The van der Waals surface area contributed by atoms with E-state index in [-0.39, 0.29) is 32.0 Å². The topological polar surface area (TPSA) is 108 Å². The lowest BCUT2D eigenvalue weighted by atomic mass is 10.0. The molecule has 10 heteroatoms. The average molecular weight is 1440 g/mol. The van der Waals surface area contributed by atoms with Crippen molar-refractivity contribution in [3.8, 4) is 0 Å². The second-order valence-electron chi connectivity index (χ2n) is 28.8. The van der Waals surface area contributed by atoms with E-state index in [9.17, 15) is 19.0 Å². The minimum atomic E-state index is -4.42. The van der Waals surface area contributed by atoms with Crippen molar-refractivity contribution in [1.82, 2.24) is 0 Å². The number of quaternary nitrogens is 1. The average Bonchev–Trinajstić information content (AvgIpc) is 0.913. The number of ether oxygens (including phenoxy) is 2. The van der Waals surface area contributed by atoms with Gasteiger partial charge >= 0.3 is 19.8 Å². The van der Waals surface area contributed by atoms with Gasteiger partial charge < -0.3 is 18.9 Å². The number of carbonyl (C=O) groups is 2. The van der Waals surface area contributed by atoms with Crippen LogP contribution in [0, 0.1) is 0 Å². The van der Waals surface area contributed by atoms with Crippen LogP contribution in [0.15, 0.2) is 170 Å². The van der Waals surface area contributed by atoms with E-state index in [4.69, 9.17) is 18.5 Å². The molecule has 9 nitrogen and oxygen atoms in total. The summed E-state index contributed by atoms with van der Waals surface area (Å²) in [6.07, 6.45) is 122. The molecule has 2 atom stereocenters. The van der Waals surface area contributed by atoms with E-state index < -0.39 is 26.5 Å². The van der Waals surface area contributed by atoms with Crippen LogP contribution >= 0.6 is 7.82 Å². The van der Waals surface area contributed by atoms with Crippen molar-refractivity contribution in [3.63, 3.8) is 0 Å². The van der Waals surface area contributed by atoms with E-state index in [0.29, 0.717) is 17.4 Å². The predicted octanol–water partition coefficient (Wildman–Crippen LogP) is 28.4. The van der Waals surface area contributed by atoms with Gasteiger partial charge in [0.25, 0.3) is 0 Å². The van der Waals surface area contributed by atoms with Crippen molar-refractivity contribution < 1.29 is 42.1 Å². The summed E-state index contributed by atoms with van der Waals surface area (Å²) in [6.45, 7) is 4.28. The third-order valence-corrected chi connectivity index (χ3v) is 18.7. The molecule has 0 aromatic heterocycles. The first-order valence-electron chi connectivity index (χ1n) is 41.9. The molecule has 0 aromatic carbocycles. The van der Waals surface area contributed by atoms with E-state index in [1.165, 1.54) is 193 Å². The summed E-state index contributed by atoms with van der Waals surface area (Å²) in [6, 6.07) is 0. The molecule has 582 valence electrons. The lowest BCUT2D eigenvalue weighted by molar-refractivity contribution is -0.870. The van der Waals surface area contributed by atoms with Crippen molar-refractivity contribution in [1.29, 1.82) is 0 Å². The Kier molecular flexibility index (Phi) is 76.8. The first kappa shape index (κ1) is 97.4. The van der Waals surface area contributed by atoms with Crippen LogP contribution in [-0.4, -0.2) is 74.9 Å². The summed E-state index contributed by atoms with van der Waals surface area (Å²) in [5.41, 5.74) is 0. The van der Waals surface area contributed by atoms with Gasteiger partial charge in [-0.3, -0.25) is 18.6 Å². The number of allylic oxidation sites excluding steroid dienone is 28. The minimum Gasteiger partial charge on any atom is -0.462 e. The zero-order chi connectivity index (χ0) is 74.0. The molecule has 0 saturated heterocycles. The Balaban J connectivity index is 4.03. The Labute approximate surface area is 629 Å². The van der Waals surface area contributed by atoms with Crippen molar-refractivity contribution in [2.24, 2.45) is 0 Å². The molecule has 0 aliphatic rings. The number of nitrogens with zero attached hydrogens (tertiary/aromatic N) is 1. The molecule has 0 aliphatic carbocycles. The first-order valence-corrected chi connectivity index (χ1v) is 43.4. The Bertz CT molecular complexity index is 2340. The van der Waals surface area contributed by atoms with Crippen LogP contribution in [0.4, 0.5) is 0 Å². The van der Waals surface area contributed by atoms with E-state index in [1.54, 1.807) is 0 Å². The molecule has 1 N–H and O–H groups in total. The van der Waals surface area contributed by atoms with Gasteiger partial charge in [0, 0.05) is 12.8 Å². The number of esters is 2. The highest BCUT2D eigenvalue weighted by Gasteiger charge is 2.27. The molecule has 0 heterocycles. The smallest absolute Gasteiger partial charge is 0.462 e. The zero-order valence-corrected chi connectivity index (χ0v) is 67.4. The number of likely N-dealkylation sites (N-methyl/N-ethyl adjacent to an activating group) is 1. The summed E-state index contributed by atoms with van der Waals surface area (Å²) < 4.78 is 34.8. The molecule has 102 heavy (non-hydrogen) atoms. The van der Waals surface area contributed by atoms with Gasteiger partial charge in [0.05, 0.1) is 27.7 Å². The van der Waals surface area contributed by atoms with Crippen LogP contribution in [0.25, 0.3) is 0 Å². The van der Waals surface area contributed by atoms with Crippen LogP contribution < -0.4 is 0 Å².